The highest BCUT2D eigenvalue weighted by atomic mass is 35.5. The Labute approximate surface area is 208 Å². The summed E-state index contributed by atoms with van der Waals surface area (Å²) in [5, 5.41) is 3.35. The fourth-order valence-corrected chi connectivity index (χ4v) is 5.61. The van der Waals surface area contributed by atoms with Crippen LogP contribution in [0, 0.1) is 0 Å². The number of carbonyl (C=O) groups excluding carboxylic acids is 3. The van der Waals surface area contributed by atoms with Crippen molar-refractivity contribution in [2.75, 3.05) is 13.1 Å². The van der Waals surface area contributed by atoms with Crippen molar-refractivity contribution in [3.63, 3.8) is 0 Å². The van der Waals surface area contributed by atoms with E-state index in [0.29, 0.717) is 26.5 Å². The summed E-state index contributed by atoms with van der Waals surface area (Å²) in [6, 6.07) is 9.64. The molecule has 0 bridgehead atoms. The minimum atomic E-state index is -4.19. The number of hydrogen-bond acceptors (Lipinski definition) is 5. The Hall–Kier alpha value is -2.62. The number of nitrogens with one attached hydrogen (secondary N) is 1. The van der Waals surface area contributed by atoms with Gasteiger partial charge in [0.1, 0.15) is 17.5 Å². The average molecular weight is 526 g/mol. The Morgan fingerprint density at radius 3 is 2.35 bits per heavy atom. The fourth-order valence-electron chi connectivity index (χ4n) is 3.57. The molecule has 0 radical (unpaired) electrons. The molecule has 1 atom stereocenters. The zero-order valence-electron chi connectivity index (χ0n) is 18.8. The van der Waals surface area contributed by atoms with Crippen LogP contribution in [0.1, 0.15) is 42.6 Å². The van der Waals surface area contributed by atoms with Gasteiger partial charge in [-0.2, -0.15) is 0 Å². The third kappa shape index (κ3) is 5.21. The van der Waals surface area contributed by atoms with Gasteiger partial charge in [0.25, 0.3) is 15.9 Å². The van der Waals surface area contributed by atoms with Gasteiger partial charge in [0.05, 0.1) is 5.56 Å². The molecule has 0 aliphatic carbocycles. The maximum Gasteiger partial charge on any atom is 0.269 e. The number of hydrogen-bond donors (Lipinski definition) is 1. The van der Waals surface area contributed by atoms with Crippen molar-refractivity contribution in [3.8, 4) is 0 Å². The van der Waals surface area contributed by atoms with Crippen molar-refractivity contribution in [3.05, 3.63) is 63.6 Å². The highest BCUT2D eigenvalue weighted by molar-refractivity contribution is 7.90. The number of rotatable bonds is 9. The molecule has 0 saturated carbocycles. The molecule has 2 aromatic rings. The number of fused-ring (bicyclic) bond motifs is 1. The first-order valence-electron chi connectivity index (χ1n) is 10.8. The van der Waals surface area contributed by atoms with E-state index in [1.807, 2.05) is 6.92 Å². The van der Waals surface area contributed by atoms with Gasteiger partial charge in [-0.1, -0.05) is 54.7 Å². The maximum absolute atomic E-state index is 13.4. The summed E-state index contributed by atoms with van der Waals surface area (Å²) in [6.45, 7) is 3.04. The molecule has 1 N–H and O–H groups in total. The SMILES string of the molecule is CCCCNC(=O)C(C)N(Cc1c(Cl)cccc1Cl)C(=O)CN1C(=O)c2ccccc2S1(=O)=O. The number of benzene rings is 2. The molecule has 0 spiro atoms. The molecule has 0 fully saturated rings. The minimum Gasteiger partial charge on any atom is -0.354 e. The van der Waals surface area contributed by atoms with Crippen LogP contribution in [-0.4, -0.2) is 54.5 Å². The van der Waals surface area contributed by atoms with E-state index in [1.54, 1.807) is 24.3 Å². The number of carbonyl (C=O) groups is 3. The predicted molar refractivity (Wildman–Crippen MR) is 129 cm³/mol. The fraction of sp³-hybridized carbons (Fsp3) is 0.348. The Balaban J connectivity index is 1.90. The largest absolute Gasteiger partial charge is 0.354 e. The van der Waals surface area contributed by atoms with Crippen LogP contribution in [0.25, 0.3) is 0 Å². The second kappa shape index (κ2) is 10.8. The molecule has 3 amide bonds. The Morgan fingerprint density at radius 2 is 1.74 bits per heavy atom. The predicted octanol–water partition coefficient (Wildman–Crippen LogP) is 3.47. The van der Waals surface area contributed by atoms with Crippen LogP contribution < -0.4 is 5.32 Å². The van der Waals surface area contributed by atoms with Crippen LogP contribution in [-0.2, 0) is 26.2 Å². The molecular formula is C23H25Cl2N3O5S. The number of nitrogens with zero attached hydrogens (tertiary/aromatic N) is 2. The van der Waals surface area contributed by atoms with Gasteiger partial charge in [0, 0.05) is 28.7 Å². The van der Waals surface area contributed by atoms with Crippen LogP contribution >= 0.6 is 23.2 Å². The lowest BCUT2D eigenvalue weighted by Crippen LogP contribution is -2.51. The lowest BCUT2D eigenvalue weighted by atomic mass is 10.1. The molecule has 1 heterocycles. The molecule has 3 rings (SSSR count). The molecule has 0 aromatic heterocycles. The van der Waals surface area contributed by atoms with Crippen molar-refractivity contribution >= 4 is 50.9 Å². The third-order valence-electron chi connectivity index (χ3n) is 5.58. The van der Waals surface area contributed by atoms with E-state index in [1.165, 1.54) is 30.0 Å². The molecular weight excluding hydrogens is 501 g/mol. The molecule has 0 saturated heterocycles. The van der Waals surface area contributed by atoms with Gasteiger partial charge in [-0.3, -0.25) is 14.4 Å². The van der Waals surface area contributed by atoms with Crippen molar-refractivity contribution in [2.24, 2.45) is 0 Å². The number of halogens is 2. The summed E-state index contributed by atoms with van der Waals surface area (Å²) >= 11 is 12.6. The molecule has 1 unspecified atom stereocenters. The second-order valence-corrected chi connectivity index (χ2v) is 10.5. The van der Waals surface area contributed by atoms with E-state index in [0.717, 1.165) is 12.8 Å². The zero-order valence-corrected chi connectivity index (χ0v) is 21.1. The average Bonchev–Trinajstić information content (AvgIpc) is 2.99. The zero-order chi connectivity index (χ0) is 25.0. The van der Waals surface area contributed by atoms with E-state index < -0.39 is 40.3 Å². The Kier molecular flexibility index (Phi) is 8.22. The van der Waals surface area contributed by atoms with Crippen molar-refractivity contribution in [2.45, 2.75) is 44.2 Å². The molecule has 8 nitrogen and oxygen atoms in total. The van der Waals surface area contributed by atoms with Gasteiger partial charge in [0.2, 0.25) is 11.8 Å². The second-order valence-electron chi connectivity index (χ2n) is 7.86. The lowest BCUT2D eigenvalue weighted by molar-refractivity contribution is -0.140. The first kappa shape index (κ1) is 26.0. The van der Waals surface area contributed by atoms with Crippen molar-refractivity contribution in [1.29, 1.82) is 0 Å². The summed E-state index contributed by atoms with van der Waals surface area (Å²) in [5.41, 5.74) is 0.410. The van der Waals surface area contributed by atoms with Gasteiger partial charge in [-0.15, -0.1) is 0 Å². The first-order chi connectivity index (χ1) is 16.1. The highest BCUT2D eigenvalue weighted by Crippen LogP contribution is 2.31. The monoisotopic (exact) mass is 525 g/mol. The van der Waals surface area contributed by atoms with Crippen LogP contribution in [0.2, 0.25) is 10.0 Å². The summed E-state index contributed by atoms with van der Waals surface area (Å²) < 4.78 is 26.4. The third-order valence-corrected chi connectivity index (χ3v) is 8.07. The lowest BCUT2D eigenvalue weighted by Gasteiger charge is -2.30. The Morgan fingerprint density at radius 1 is 1.09 bits per heavy atom. The number of sulfonamides is 1. The van der Waals surface area contributed by atoms with Gasteiger partial charge < -0.3 is 10.2 Å². The van der Waals surface area contributed by atoms with Gasteiger partial charge in [0.15, 0.2) is 0 Å². The highest BCUT2D eigenvalue weighted by Gasteiger charge is 2.43. The first-order valence-corrected chi connectivity index (χ1v) is 12.9. The normalized spacial score (nSPS) is 15.1. The molecule has 11 heteroatoms. The molecule has 2 aromatic carbocycles. The van der Waals surface area contributed by atoms with E-state index in [2.05, 4.69) is 5.32 Å². The smallest absolute Gasteiger partial charge is 0.269 e. The summed E-state index contributed by atoms with van der Waals surface area (Å²) in [7, 11) is -4.19. The van der Waals surface area contributed by atoms with E-state index >= 15 is 0 Å². The van der Waals surface area contributed by atoms with E-state index in [9.17, 15) is 22.8 Å². The summed E-state index contributed by atoms with van der Waals surface area (Å²) in [4.78, 5) is 39.9. The topological polar surface area (TPSA) is 104 Å². The molecule has 34 heavy (non-hydrogen) atoms. The molecule has 1 aliphatic heterocycles. The standard InChI is InChI=1S/C23H25Cl2N3O5S/c1-3-4-12-26-22(30)15(2)27(13-17-18(24)9-7-10-19(17)25)21(29)14-28-23(31)16-8-5-6-11-20(16)34(28,32)33/h5-11,15H,3-4,12-14H2,1-2H3,(H,26,30). The van der Waals surface area contributed by atoms with E-state index in [4.69, 9.17) is 23.2 Å². The summed E-state index contributed by atoms with van der Waals surface area (Å²) in [6.07, 6.45) is 1.64. The number of unbranched alkanes of at least 4 members (excludes halogenated alkanes) is 1. The van der Waals surface area contributed by atoms with Gasteiger partial charge in [-0.05, 0) is 37.6 Å². The molecule has 182 valence electrons. The maximum atomic E-state index is 13.4. The van der Waals surface area contributed by atoms with Crippen LogP contribution in [0.4, 0.5) is 0 Å². The van der Waals surface area contributed by atoms with Crippen molar-refractivity contribution in [1.82, 2.24) is 14.5 Å². The van der Waals surface area contributed by atoms with Gasteiger partial charge >= 0.3 is 0 Å². The van der Waals surface area contributed by atoms with Crippen LogP contribution in [0.3, 0.4) is 0 Å². The Bertz CT molecular complexity index is 1200. The van der Waals surface area contributed by atoms with Gasteiger partial charge in [-0.25, -0.2) is 12.7 Å². The molecule has 1 aliphatic rings. The number of amides is 3. The minimum absolute atomic E-state index is 0.00126. The summed E-state index contributed by atoms with van der Waals surface area (Å²) in [5.74, 6) is -1.94. The van der Waals surface area contributed by atoms with Crippen LogP contribution in [0.15, 0.2) is 47.4 Å². The van der Waals surface area contributed by atoms with E-state index in [-0.39, 0.29) is 17.0 Å². The van der Waals surface area contributed by atoms with Crippen LogP contribution in [0.5, 0.6) is 0 Å². The quantitative estimate of drug-likeness (QED) is 0.504. The van der Waals surface area contributed by atoms with Crippen molar-refractivity contribution < 1.29 is 22.8 Å².